The van der Waals surface area contributed by atoms with E-state index in [2.05, 4.69) is 4.90 Å². The van der Waals surface area contributed by atoms with E-state index in [1.54, 1.807) is 12.1 Å². The predicted molar refractivity (Wildman–Crippen MR) is 63.7 cm³/mol. The van der Waals surface area contributed by atoms with Crippen LogP contribution in [0.15, 0.2) is 18.2 Å². The number of nitriles is 1. The summed E-state index contributed by atoms with van der Waals surface area (Å²) in [5.74, 6) is 1.86. The second kappa shape index (κ2) is 5.33. The Morgan fingerprint density at radius 3 is 2.81 bits per heavy atom. The molecule has 1 aromatic carbocycles. The molecule has 0 bridgehead atoms. The Hall–Kier alpha value is -1.05. The Morgan fingerprint density at radius 2 is 2.12 bits per heavy atom. The Kier molecular flexibility index (Phi) is 3.81. The van der Waals surface area contributed by atoms with Gasteiger partial charge in [0, 0.05) is 36.7 Å². The molecule has 0 atom stereocenters. The van der Waals surface area contributed by atoms with Crippen LogP contribution >= 0.6 is 11.8 Å². The molecule has 16 heavy (non-hydrogen) atoms. The van der Waals surface area contributed by atoms with Crippen molar-refractivity contribution in [3.8, 4) is 6.07 Å². The van der Waals surface area contributed by atoms with Crippen molar-refractivity contribution in [3.05, 3.63) is 35.1 Å². The molecule has 0 amide bonds. The van der Waals surface area contributed by atoms with Gasteiger partial charge in [-0.15, -0.1) is 0 Å². The Morgan fingerprint density at radius 1 is 1.38 bits per heavy atom. The van der Waals surface area contributed by atoms with Crippen molar-refractivity contribution < 1.29 is 4.39 Å². The van der Waals surface area contributed by atoms with Crippen molar-refractivity contribution in [2.45, 2.75) is 6.54 Å². The van der Waals surface area contributed by atoms with Gasteiger partial charge in [0.15, 0.2) is 0 Å². The lowest BCUT2D eigenvalue weighted by Crippen LogP contribution is -2.32. The molecule has 0 N–H and O–H groups in total. The molecule has 0 unspecified atom stereocenters. The fourth-order valence-corrected chi connectivity index (χ4v) is 2.77. The fourth-order valence-electron chi connectivity index (χ4n) is 1.79. The van der Waals surface area contributed by atoms with Gasteiger partial charge in [0.05, 0.1) is 5.56 Å². The summed E-state index contributed by atoms with van der Waals surface area (Å²) in [5.41, 5.74) is 0.773. The Bertz CT molecular complexity index is 408. The summed E-state index contributed by atoms with van der Waals surface area (Å²) in [6.07, 6.45) is 0. The fraction of sp³-hybridized carbons (Fsp3) is 0.417. The van der Waals surface area contributed by atoms with Gasteiger partial charge in [0.1, 0.15) is 11.9 Å². The molecule has 0 radical (unpaired) electrons. The normalized spacial score (nSPS) is 17.0. The topological polar surface area (TPSA) is 27.0 Å². The third-order valence-electron chi connectivity index (χ3n) is 2.70. The van der Waals surface area contributed by atoms with Crippen LogP contribution in [0.2, 0.25) is 0 Å². The van der Waals surface area contributed by atoms with Gasteiger partial charge in [-0.05, 0) is 6.07 Å². The quantitative estimate of drug-likeness (QED) is 0.788. The van der Waals surface area contributed by atoms with Gasteiger partial charge in [-0.3, -0.25) is 4.90 Å². The lowest BCUT2D eigenvalue weighted by molar-refractivity contribution is 0.290. The highest BCUT2D eigenvalue weighted by Gasteiger charge is 2.14. The summed E-state index contributed by atoms with van der Waals surface area (Å²) in [4.78, 5) is 2.23. The maximum atomic E-state index is 13.8. The predicted octanol–water partition coefficient (Wildman–Crippen LogP) is 2.25. The zero-order valence-corrected chi connectivity index (χ0v) is 9.76. The molecule has 1 aromatic rings. The Labute approximate surface area is 99.1 Å². The third kappa shape index (κ3) is 2.55. The first kappa shape index (κ1) is 11.4. The minimum Gasteiger partial charge on any atom is -0.297 e. The van der Waals surface area contributed by atoms with E-state index in [-0.39, 0.29) is 11.4 Å². The van der Waals surface area contributed by atoms with E-state index in [4.69, 9.17) is 5.26 Å². The van der Waals surface area contributed by atoms with Crippen LogP contribution in [0.4, 0.5) is 4.39 Å². The van der Waals surface area contributed by atoms with Gasteiger partial charge in [0.2, 0.25) is 0 Å². The molecule has 1 fully saturated rings. The number of benzene rings is 1. The highest BCUT2D eigenvalue weighted by molar-refractivity contribution is 7.99. The van der Waals surface area contributed by atoms with Crippen molar-refractivity contribution in [1.29, 1.82) is 5.26 Å². The van der Waals surface area contributed by atoms with Gasteiger partial charge < -0.3 is 0 Å². The largest absolute Gasteiger partial charge is 0.297 e. The molecule has 4 heteroatoms. The Balaban J connectivity index is 2.12. The van der Waals surface area contributed by atoms with E-state index in [1.807, 2.05) is 17.8 Å². The number of thioether (sulfide) groups is 1. The van der Waals surface area contributed by atoms with E-state index in [0.29, 0.717) is 12.1 Å². The highest BCUT2D eigenvalue weighted by Crippen LogP contribution is 2.17. The van der Waals surface area contributed by atoms with Crippen LogP contribution in [0.1, 0.15) is 11.1 Å². The first-order valence-electron chi connectivity index (χ1n) is 5.29. The molecule has 1 heterocycles. The summed E-state index contributed by atoms with van der Waals surface area (Å²) in [5, 5.41) is 8.74. The van der Waals surface area contributed by atoms with Crippen LogP contribution in [0.3, 0.4) is 0 Å². The van der Waals surface area contributed by atoms with Crippen molar-refractivity contribution in [3.63, 3.8) is 0 Å². The molecule has 2 rings (SSSR count). The molecule has 0 spiro atoms. The average Bonchev–Trinajstić information content (AvgIpc) is 2.33. The number of nitrogens with zero attached hydrogens (tertiary/aromatic N) is 2. The molecule has 0 aromatic heterocycles. The number of halogens is 1. The van der Waals surface area contributed by atoms with Crippen molar-refractivity contribution in [2.75, 3.05) is 24.6 Å². The van der Waals surface area contributed by atoms with Crippen molar-refractivity contribution in [1.82, 2.24) is 4.90 Å². The zero-order valence-electron chi connectivity index (χ0n) is 8.95. The van der Waals surface area contributed by atoms with Crippen LogP contribution in [0.25, 0.3) is 0 Å². The monoisotopic (exact) mass is 236 g/mol. The van der Waals surface area contributed by atoms with E-state index < -0.39 is 0 Å². The highest BCUT2D eigenvalue weighted by atomic mass is 32.2. The molecule has 1 aliphatic rings. The second-order valence-electron chi connectivity index (χ2n) is 3.78. The van der Waals surface area contributed by atoms with Gasteiger partial charge in [-0.25, -0.2) is 4.39 Å². The summed E-state index contributed by atoms with van der Waals surface area (Å²) < 4.78 is 13.8. The standard InChI is InChI=1S/C12H13FN2S/c13-12-10(8-14)2-1-3-11(12)9-15-4-6-16-7-5-15/h1-3H,4-7,9H2. The van der Waals surface area contributed by atoms with Crippen LogP contribution in [-0.4, -0.2) is 29.5 Å². The summed E-state index contributed by atoms with van der Waals surface area (Å²) >= 11 is 1.93. The lowest BCUT2D eigenvalue weighted by atomic mass is 10.1. The van der Waals surface area contributed by atoms with Crippen molar-refractivity contribution >= 4 is 11.8 Å². The molecule has 0 saturated carbocycles. The summed E-state index contributed by atoms with van der Waals surface area (Å²) in [6, 6.07) is 6.90. The first-order chi connectivity index (χ1) is 7.81. The SMILES string of the molecule is N#Cc1cccc(CN2CCSCC2)c1F. The molecular weight excluding hydrogens is 223 g/mol. The average molecular weight is 236 g/mol. The summed E-state index contributed by atoms with van der Waals surface area (Å²) in [6.45, 7) is 2.61. The minimum absolute atomic E-state index is 0.142. The summed E-state index contributed by atoms with van der Waals surface area (Å²) in [7, 11) is 0. The second-order valence-corrected chi connectivity index (χ2v) is 5.00. The minimum atomic E-state index is -0.358. The lowest BCUT2D eigenvalue weighted by Gasteiger charge is -2.26. The van der Waals surface area contributed by atoms with Gasteiger partial charge in [-0.2, -0.15) is 17.0 Å². The third-order valence-corrected chi connectivity index (χ3v) is 3.64. The van der Waals surface area contributed by atoms with Crippen molar-refractivity contribution in [2.24, 2.45) is 0 Å². The van der Waals surface area contributed by atoms with E-state index in [0.717, 1.165) is 24.6 Å². The van der Waals surface area contributed by atoms with Crippen LogP contribution in [0.5, 0.6) is 0 Å². The number of rotatable bonds is 2. The van der Waals surface area contributed by atoms with Gasteiger partial charge in [0.25, 0.3) is 0 Å². The van der Waals surface area contributed by atoms with E-state index >= 15 is 0 Å². The van der Waals surface area contributed by atoms with Crippen LogP contribution < -0.4 is 0 Å². The maximum Gasteiger partial charge on any atom is 0.145 e. The van der Waals surface area contributed by atoms with Crippen LogP contribution in [0, 0.1) is 17.1 Å². The van der Waals surface area contributed by atoms with Gasteiger partial charge in [-0.1, -0.05) is 12.1 Å². The molecular formula is C12H13FN2S. The van der Waals surface area contributed by atoms with E-state index in [9.17, 15) is 4.39 Å². The number of hydrogen-bond donors (Lipinski definition) is 0. The first-order valence-corrected chi connectivity index (χ1v) is 6.44. The zero-order chi connectivity index (χ0) is 11.4. The molecule has 1 saturated heterocycles. The maximum absolute atomic E-state index is 13.8. The number of hydrogen-bond acceptors (Lipinski definition) is 3. The molecule has 1 aliphatic heterocycles. The molecule has 0 aliphatic carbocycles. The van der Waals surface area contributed by atoms with Crippen LogP contribution in [-0.2, 0) is 6.54 Å². The van der Waals surface area contributed by atoms with E-state index in [1.165, 1.54) is 6.07 Å². The van der Waals surface area contributed by atoms with Gasteiger partial charge >= 0.3 is 0 Å². The smallest absolute Gasteiger partial charge is 0.145 e. The molecule has 2 nitrogen and oxygen atoms in total. The molecule has 84 valence electrons.